The Morgan fingerprint density at radius 1 is 1.20 bits per heavy atom. The maximum Gasteiger partial charge on any atom is 0.127 e. The Labute approximate surface area is 129 Å². The zero-order chi connectivity index (χ0) is 14.9. The van der Waals surface area contributed by atoms with E-state index in [1.807, 2.05) is 14.0 Å². The van der Waals surface area contributed by atoms with E-state index >= 15 is 0 Å². The third-order valence-corrected chi connectivity index (χ3v) is 5.48. The van der Waals surface area contributed by atoms with Gasteiger partial charge in [-0.2, -0.15) is 0 Å². The van der Waals surface area contributed by atoms with Gasteiger partial charge in [0.05, 0.1) is 18.2 Å². The van der Waals surface area contributed by atoms with Gasteiger partial charge in [-0.1, -0.05) is 23.7 Å². The van der Waals surface area contributed by atoms with Gasteiger partial charge in [-0.05, 0) is 49.9 Å². The molecule has 0 amide bonds. The largest absolute Gasteiger partial charge is 0.496 e. The molecule has 0 spiro atoms. The van der Waals surface area contributed by atoms with Gasteiger partial charge in [0, 0.05) is 10.4 Å². The van der Waals surface area contributed by atoms with Crippen molar-refractivity contribution in [3.8, 4) is 5.75 Å². The highest BCUT2D eigenvalue weighted by Crippen LogP contribution is 2.40. The summed E-state index contributed by atoms with van der Waals surface area (Å²) in [7, 11) is 3.67. The highest BCUT2D eigenvalue weighted by Gasteiger charge is 2.22. The molecular weight excluding hydrogens is 290 g/mol. The standard InChI is InChI=1S/C16H20ClNOS/c1-9-6-7-12(15(19-5)11(9)3)14(18-4)16-13(17)10(2)8-20-16/h6-8,14,18H,1-5H3. The van der Waals surface area contributed by atoms with Crippen molar-refractivity contribution in [3.05, 3.63) is 49.7 Å². The first-order valence-electron chi connectivity index (χ1n) is 6.56. The Kier molecular flexibility index (Phi) is 4.74. The summed E-state index contributed by atoms with van der Waals surface area (Å²) in [5, 5.41) is 6.29. The lowest BCUT2D eigenvalue weighted by atomic mass is 9.98. The van der Waals surface area contributed by atoms with Crippen LogP contribution in [0.3, 0.4) is 0 Å². The number of benzene rings is 1. The summed E-state index contributed by atoms with van der Waals surface area (Å²) in [6, 6.07) is 4.30. The molecular formula is C16H20ClNOS. The first kappa shape index (κ1) is 15.4. The number of nitrogens with one attached hydrogen (secondary N) is 1. The molecule has 0 saturated heterocycles. The summed E-state index contributed by atoms with van der Waals surface area (Å²) < 4.78 is 5.63. The van der Waals surface area contributed by atoms with E-state index in [9.17, 15) is 0 Å². The van der Waals surface area contributed by atoms with Crippen molar-refractivity contribution in [2.75, 3.05) is 14.2 Å². The molecule has 1 N–H and O–H groups in total. The van der Waals surface area contributed by atoms with Crippen LogP contribution in [0, 0.1) is 20.8 Å². The summed E-state index contributed by atoms with van der Waals surface area (Å²) in [6.07, 6.45) is 0. The molecule has 1 aromatic carbocycles. The number of aryl methyl sites for hydroxylation is 2. The van der Waals surface area contributed by atoms with Gasteiger partial charge in [0.15, 0.2) is 0 Å². The van der Waals surface area contributed by atoms with Crippen LogP contribution in [-0.4, -0.2) is 14.2 Å². The van der Waals surface area contributed by atoms with Crippen molar-refractivity contribution in [1.29, 1.82) is 0 Å². The number of rotatable bonds is 4. The molecule has 1 aromatic heterocycles. The lowest BCUT2D eigenvalue weighted by molar-refractivity contribution is 0.402. The number of thiophene rings is 1. The molecule has 0 saturated carbocycles. The molecule has 0 fully saturated rings. The first-order valence-corrected chi connectivity index (χ1v) is 7.81. The minimum atomic E-state index is 0.0513. The van der Waals surface area contributed by atoms with E-state index in [0.29, 0.717) is 0 Å². The van der Waals surface area contributed by atoms with Crippen LogP contribution in [0.25, 0.3) is 0 Å². The molecule has 0 radical (unpaired) electrons. The zero-order valence-electron chi connectivity index (χ0n) is 12.5. The van der Waals surface area contributed by atoms with Gasteiger partial charge < -0.3 is 10.1 Å². The molecule has 0 aliphatic heterocycles. The topological polar surface area (TPSA) is 21.3 Å². The molecule has 2 rings (SSSR count). The van der Waals surface area contributed by atoms with Gasteiger partial charge >= 0.3 is 0 Å². The highest BCUT2D eigenvalue weighted by molar-refractivity contribution is 7.10. The van der Waals surface area contributed by atoms with Crippen molar-refractivity contribution in [2.24, 2.45) is 0 Å². The first-order chi connectivity index (χ1) is 9.51. The molecule has 4 heteroatoms. The van der Waals surface area contributed by atoms with Gasteiger partial charge in [0.2, 0.25) is 0 Å². The Bertz CT molecular complexity index is 621. The second kappa shape index (κ2) is 6.17. The van der Waals surface area contributed by atoms with E-state index in [0.717, 1.165) is 26.8 Å². The lowest BCUT2D eigenvalue weighted by Gasteiger charge is -2.21. The maximum absolute atomic E-state index is 6.43. The van der Waals surface area contributed by atoms with Gasteiger partial charge in [-0.25, -0.2) is 0 Å². The van der Waals surface area contributed by atoms with E-state index in [2.05, 4.69) is 36.7 Å². The van der Waals surface area contributed by atoms with Gasteiger partial charge in [0.1, 0.15) is 5.75 Å². The number of halogens is 1. The van der Waals surface area contributed by atoms with Crippen molar-refractivity contribution in [2.45, 2.75) is 26.8 Å². The molecule has 0 bridgehead atoms. The van der Waals surface area contributed by atoms with Crippen LogP contribution in [0.2, 0.25) is 5.02 Å². The van der Waals surface area contributed by atoms with Crippen molar-refractivity contribution in [1.82, 2.24) is 5.32 Å². The summed E-state index contributed by atoms with van der Waals surface area (Å²) in [5.41, 5.74) is 4.65. The average molecular weight is 310 g/mol. The van der Waals surface area contributed by atoms with Crippen LogP contribution >= 0.6 is 22.9 Å². The maximum atomic E-state index is 6.43. The highest BCUT2D eigenvalue weighted by atomic mass is 35.5. The Morgan fingerprint density at radius 3 is 2.40 bits per heavy atom. The Balaban J connectivity index is 2.58. The fourth-order valence-electron chi connectivity index (χ4n) is 2.38. The van der Waals surface area contributed by atoms with Gasteiger partial charge in [0.25, 0.3) is 0 Å². The van der Waals surface area contributed by atoms with E-state index in [1.54, 1.807) is 18.4 Å². The summed E-state index contributed by atoms with van der Waals surface area (Å²) in [4.78, 5) is 1.13. The van der Waals surface area contributed by atoms with Crippen molar-refractivity contribution in [3.63, 3.8) is 0 Å². The number of hydrogen-bond acceptors (Lipinski definition) is 3. The van der Waals surface area contributed by atoms with Crippen LogP contribution in [0.1, 0.15) is 33.2 Å². The minimum Gasteiger partial charge on any atom is -0.496 e. The van der Waals surface area contributed by atoms with Crippen LogP contribution < -0.4 is 10.1 Å². The second-order valence-corrected chi connectivity index (χ2v) is 6.24. The molecule has 0 aliphatic rings. The molecule has 2 nitrogen and oxygen atoms in total. The van der Waals surface area contributed by atoms with Crippen LogP contribution in [-0.2, 0) is 0 Å². The average Bonchev–Trinajstić information content (AvgIpc) is 2.76. The minimum absolute atomic E-state index is 0.0513. The number of methoxy groups -OCH3 is 1. The third kappa shape index (κ3) is 2.58. The Morgan fingerprint density at radius 2 is 1.90 bits per heavy atom. The molecule has 1 atom stereocenters. The molecule has 108 valence electrons. The lowest BCUT2D eigenvalue weighted by Crippen LogP contribution is -2.18. The quantitative estimate of drug-likeness (QED) is 0.888. The number of ether oxygens (including phenoxy) is 1. The van der Waals surface area contributed by atoms with E-state index in [-0.39, 0.29) is 6.04 Å². The fourth-order valence-corrected chi connectivity index (χ4v) is 3.81. The zero-order valence-corrected chi connectivity index (χ0v) is 14.1. The fraction of sp³-hybridized carbons (Fsp3) is 0.375. The number of hydrogen-bond donors (Lipinski definition) is 1. The summed E-state index contributed by atoms with van der Waals surface area (Å²) in [5.74, 6) is 0.937. The van der Waals surface area contributed by atoms with E-state index in [4.69, 9.17) is 16.3 Å². The predicted octanol–water partition coefficient (Wildman–Crippen LogP) is 4.64. The van der Waals surface area contributed by atoms with Crippen molar-refractivity contribution < 1.29 is 4.74 Å². The SMILES string of the molecule is CNC(c1ccc(C)c(C)c1OC)c1scc(C)c1Cl. The molecule has 0 aliphatic carbocycles. The molecule has 20 heavy (non-hydrogen) atoms. The predicted molar refractivity (Wildman–Crippen MR) is 87.4 cm³/mol. The summed E-state index contributed by atoms with van der Waals surface area (Å²) in [6.45, 7) is 6.22. The monoisotopic (exact) mass is 309 g/mol. The molecule has 1 unspecified atom stereocenters. The van der Waals surface area contributed by atoms with Gasteiger partial charge in [-0.15, -0.1) is 11.3 Å². The van der Waals surface area contributed by atoms with Gasteiger partial charge in [-0.3, -0.25) is 0 Å². The van der Waals surface area contributed by atoms with Crippen LogP contribution in [0.15, 0.2) is 17.5 Å². The molecule has 2 aromatic rings. The van der Waals surface area contributed by atoms with Crippen molar-refractivity contribution >= 4 is 22.9 Å². The summed E-state index contributed by atoms with van der Waals surface area (Å²) >= 11 is 8.11. The third-order valence-electron chi connectivity index (χ3n) is 3.70. The second-order valence-electron chi connectivity index (χ2n) is 4.95. The normalized spacial score (nSPS) is 12.5. The van der Waals surface area contributed by atoms with Crippen LogP contribution in [0.4, 0.5) is 0 Å². The van der Waals surface area contributed by atoms with Crippen LogP contribution in [0.5, 0.6) is 5.75 Å². The van der Waals surface area contributed by atoms with E-state index < -0.39 is 0 Å². The molecule has 1 heterocycles. The Hall–Kier alpha value is -1.03. The smallest absolute Gasteiger partial charge is 0.127 e. The van der Waals surface area contributed by atoms with E-state index in [1.165, 1.54) is 11.1 Å².